The van der Waals surface area contributed by atoms with Crippen molar-refractivity contribution in [1.82, 2.24) is 16.0 Å². The molecule has 0 radical (unpaired) electrons. The largest absolute Gasteiger partial charge is 0.444 e. The van der Waals surface area contributed by atoms with Gasteiger partial charge in [-0.15, -0.1) is 0 Å². The van der Waals surface area contributed by atoms with Gasteiger partial charge in [-0.3, -0.25) is 9.59 Å². The van der Waals surface area contributed by atoms with E-state index in [4.69, 9.17) is 9.16 Å². The number of carbonyl (C=O) groups is 3. The van der Waals surface area contributed by atoms with E-state index in [0.29, 0.717) is 18.7 Å². The molecule has 10 heteroatoms. The Kier molecular flexibility index (Phi) is 16.5. The minimum atomic E-state index is -2.32. The summed E-state index contributed by atoms with van der Waals surface area (Å²) in [5.41, 5.74) is 0.540. The molecule has 0 aliphatic rings. The first-order valence-corrected chi connectivity index (χ1v) is 20.2. The Hall–Kier alpha value is -2.04. The lowest BCUT2D eigenvalue weighted by molar-refractivity contribution is -0.132. The third-order valence-corrected chi connectivity index (χ3v) is 13.6. The van der Waals surface area contributed by atoms with E-state index < -0.39 is 44.1 Å². The minimum absolute atomic E-state index is 0.0666. The van der Waals surface area contributed by atoms with Crippen molar-refractivity contribution in [2.75, 3.05) is 12.3 Å². The fourth-order valence-corrected chi connectivity index (χ4v) is 6.68. The molecule has 0 heterocycles. The van der Waals surface area contributed by atoms with E-state index in [1.165, 1.54) is 5.56 Å². The number of carbonyl (C=O) groups excluding carboxylic acids is 3. The first-order valence-electron chi connectivity index (χ1n) is 16.1. The van der Waals surface area contributed by atoms with Crippen molar-refractivity contribution in [2.45, 2.75) is 136 Å². The van der Waals surface area contributed by atoms with Crippen molar-refractivity contribution >= 4 is 38.0 Å². The lowest BCUT2D eigenvalue weighted by atomic mass is 9.96. The van der Waals surface area contributed by atoms with Crippen LogP contribution in [0.5, 0.6) is 0 Å². The molecule has 252 valence electrons. The molecule has 3 amide bonds. The van der Waals surface area contributed by atoms with E-state index in [1.807, 2.05) is 59.7 Å². The molecule has 0 aliphatic carbocycles. The van der Waals surface area contributed by atoms with E-state index in [-0.39, 0.29) is 22.8 Å². The van der Waals surface area contributed by atoms with Crippen LogP contribution in [-0.2, 0) is 24.5 Å². The van der Waals surface area contributed by atoms with Gasteiger partial charge < -0.3 is 25.1 Å². The zero-order valence-electron chi connectivity index (χ0n) is 29.5. The summed E-state index contributed by atoms with van der Waals surface area (Å²) in [5.74, 6) is 0.464. The molecule has 1 rings (SSSR count). The lowest BCUT2D eigenvalue weighted by Crippen LogP contribution is -2.55. The Morgan fingerprint density at radius 2 is 1.55 bits per heavy atom. The van der Waals surface area contributed by atoms with Crippen molar-refractivity contribution < 1.29 is 23.5 Å². The van der Waals surface area contributed by atoms with Crippen LogP contribution in [0.15, 0.2) is 30.3 Å². The molecule has 0 aromatic heterocycles. The van der Waals surface area contributed by atoms with Gasteiger partial charge >= 0.3 is 6.09 Å². The molecule has 1 aromatic carbocycles. The van der Waals surface area contributed by atoms with Crippen LogP contribution in [0, 0.1) is 11.8 Å². The average molecular weight is 652 g/mol. The minimum Gasteiger partial charge on any atom is -0.444 e. The summed E-state index contributed by atoms with van der Waals surface area (Å²) in [4.78, 5) is 39.6. The highest BCUT2D eigenvalue weighted by molar-refractivity contribution is 7.98. The van der Waals surface area contributed by atoms with Gasteiger partial charge in [0.1, 0.15) is 11.6 Å². The summed E-state index contributed by atoms with van der Waals surface area (Å²) in [7, 11) is -2.32. The summed E-state index contributed by atoms with van der Waals surface area (Å²) in [5, 5.41) is 8.98. The van der Waals surface area contributed by atoms with Crippen LogP contribution >= 0.6 is 11.8 Å². The summed E-state index contributed by atoms with van der Waals surface area (Å²) in [6.07, 6.45) is 1.30. The lowest BCUT2D eigenvalue weighted by Gasteiger charge is -2.42. The van der Waals surface area contributed by atoms with E-state index in [0.717, 1.165) is 18.6 Å². The van der Waals surface area contributed by atoms with Gasteiger partial charge in [-0.1, -0.05) is 85.2 Å². The van der Waals surface area contributed by atoms with Gasteiger partial charge in [0.15, 0.2) is 8.32 Å². The number of nitrogens with one attached hydrogen (secondary N) is 3. The van der Waals surface area contributed by atoms with Crippen LogP contribution in [0.3, 0.4) is 0 Å². The van der Waals surface area contributed by atoms with E-state index in [9.17, 15) is 14.4 Å². The number of benzene rings is 1. The van der Waals surface area contributed by atoms with Crippen LogP contribution in [0.4, 0.5) is 4.79 Å². The van der Waals surface area contributed by atoms with Gasteiger partial charge in [-0.2, -0.15) is 11.8 Å². The standard InChI is InChI=1S/C34H61N3O5SSi/c1-13-14-20-35-31(39)29(24(2)3)37-30(38)25(4)21-28(42-44(11,12)34(8,9)10)27(36-32(40)41-33(5,6)7)23-43-22-26-18-16-15-17-19-26/h15-19,24-25,27-29H,13-14,20-23H2,1-12H3,(H,35,39)(H,36,40)(H,37,38)/t25-,27+,28+,29+/m1/s1. The van der Waals surface area contributed by atoms with Crippen molar-refractivity contribution in [2.24, 2.45) is 11.8 Å². The number of ether oxygens (including phenoxy) is 1. The maximum atomic E-state index is 13.6. The van der Waals surface area contributed by atoms with Gasteiger partial charge in [0.2, 0.25) is 11.8 Å². The number of amides is 3. The summed E-state index contributed by atoms with van der Waals surface area (Å²) in [6.45, 7) is 24.8. The fourth-order valence-electron chi connectivity index (χ4n) is 4.21. The van der Waals surface area contributed by atoms with Crippen molar-refractivity contribution in [3.8, 4) is 0 Å². The second-order valence-corrected chi connectivity index (χ2v) is 20.5. The third kappa shape index (κ3) is 14.8. The maximum Gasteiger partial charge on any atom is 0.407 e. The topological polar surface area (TPSA) is 106 Å². The normalized spacial score (nSPS) is 15.2. The van der Waals surface area contributed by atoms with Crippen molar-refractivity contribution in [3.63, 3.8) is 0 Å². The quantitative estimate of drug-likeness (QED) is 0.121. The van der Waals surface area contributed by atoms with Crippen LogP contribution in [0.2, 0.25) is 18.1 Å². The van der Waals surface area contributed by atoms with E-state index >= 15 is 0 Å². The molecule has 44 heavy (non-hydrogen) atoms. The predicted octanol–water partition coefficient (Wildman–Crippen LogP) is 7.29. The van der Waals surface area contributed by atoms with Gasteiger partial charge in [0.25, 0.3) is 0 Å². The van der Waals surface area contributed by atoms with E-state index in [1.54, 1.807) is 11.8 Å². The zero-order chi connectivity index (χ0) is 33.7. The SMILES string of the molecule is CCCCNC(=O)[C@@H](NC(=O)[C@H](C)C[C@H](O[Si](C)(C)C(C)(C)C)[C@H](CSCc1ccccc1)NC(=O)OC(C)(C)C)C(C)C. The van der Waals surface area contributed by atoms with Gasteiger partial charge in [-0.05, 0) is 63.2 Å². The zero-order valence-corrected chi connectivity index (χ0v) is 31.3. The molecule has 0 fully saturated rings. The molecule has 0 aliphatic heterocycles. The number of thioether (sulfide) groups is 1. The molecule has 0 bridgehead atoms. The number of unbranched alkanes of at least 4 members (excludes halogenated alkanes) is 1. The Morgan fingerprint density at radius 1 is 0.932 bits per heavy atom. The second kappa shape index (κ2) is 18.2. The molecule has 3 N–H and O–H groups in total. The molecule has 0 saturated heterocycles. The van der Waals surface area contributed by atoms with Gasteiger partial charge in [0.05, 0.1) is 12.1 Å². The number of hydrogen-bond acceptors (Lipinski definition) is 6. The summed E-state index contributed by atoms with van der Waals surface area (Å²) < 4.78 is 12.6. The molecular weight excluding hydrogens is 591 g/mol. The van der Waals surface area contributed by atoms with E-state index in [2.05, 4.69) is 68.9 Å². The van der Waals surface area contributed by atoms with Gasteiger partial charge in [-0.25, -0.2) is 4.79 Å². The molecule has 0 saturated carbocycles. The van der Waals surface area contributed by atoms with Crippen molar-refractivity contribution in [3.05, 3.63) is 35.9 Å². The monoisotopic (exact) mass is 651 g/mol. The molecular formula is C34H61N3O5SSi. The smallest absolute Gasteiger partial charge is 0.407 e. The maximum absolute atomic E-state index is 13.6. The Morgan fingerprint density at radius 3 is 2.07 bits per heavy atom. The highest BCUT2D eigenvalue weighted by Crippen LogP contribution is 2.38. The Labute approximate surface area is 273 Å². The number of hydrogen-bond donors (Lipinski definition) is 3. The summed E-state index contributed by atoms with van der Waals surface area (Å²) >= 11 is 1.71. The number of alkyl carbamates (subject to hydrolysis) is 1. The van der Waals surface area contributed by atoms with Crippen LogP contribution in [0.1, 0.15) is 94.1 Å². The number of rotatable bonds is 17. The highest BCUT2D eigenvalue weighted by atomic mass is 32.2. The molecule has 0 spiro atoms. The van der Waals surface area contributed by atoms with Crippen LogP contribution < -0.4 is 16.0 Å². The van der Waals surface area contributed by atoms with Crippen LogP contribution in [0.25, 0.3) is 0 Å². The summed E-state index contributed by atoms with van der Waals surface area (Å²) in [6, 6.07) is 9.18. The molecule has 8 nitrogen and oxygen atoms in total. The molecule has 0 unspecified atom stereocenters. The van der Waals surface area contributed by atoms with Crippen LogP contribution in [-0.4, -0.2) is 62.3 Å². The fraction of sp³-hybridized carbons (Fsp3) is 0.735. The predicted molar refractivity (Wildman–Crippen MR) is 186 cm³/mol. The molecule has 4 atom stereocenters. The van der Waals surface area contributed by atoms with Gasteiger partial charge in [0, 0.05) is 24.0 Å². The Bertz CT molecular complexity index is 1020. The highest BCUT2D eigenvalue weighted by Gasteiger charge is 2.42. The molecule has 1 aromatic rings. The first-order chi connectivity index (χ1) is 20.3. The Balaban J connectivity index is 3.28. The van der Waals surface area contributed by atoms with Crippen molar-refractivity contribution in [1.29, 1.82) is 0 Å². The third-order valence-electron chi connectivity index (χ3n) is 7.92. The second-order valence-electron chi connectivity index (χ2n) is 14.7. The first kappa shape index (κ1) is 40.0. The average Bonchev–Trinajstić information content (AvgIpc) is 2.89.